The van der Waals surface area contributed by atoms with Crippen molar-refractivity contribution in [2.75, 3.05) is 25.0 Å². The first-order valence-corrected chi connectivity index (χ1v) is 10.2. The maximum atomic E-state index is 12.6. The predicted octanol–water partition coefficient (Wildman–Crippen LogP) is 4.16. The summed E-state index contributed by atoms with van der Waals surface area (Å²) in [5.41, 5.74) is 2.00. The molecule has 3 aromatic rings. The highest BCUT2D eigenvalue weighted by Gasteiger charge is 2.32. The number of nitrogens with zero attached hydrogens (tertiary/aromatic N) is 4. The molecule has 0 spiro atoms. The van der Waals surface area contributed by atoms with Gasteiger partial charge in [-0.25, -0.2) is 9.97 Å². The molecule has 4 rings (SSSR count). The zero-order valence-corrected chi connectivity index (χ0v) is 17.4. The summed E-state index contributed by atoms with van der Waals surface area (Å²) in [6, 6.07) is 7.82. The van der Waals surface area contributed by atoms with Gasteiger partial charge in [0.1, 0.15) is 11.6 Å². The number of rotatable bonds is 5. The number of carbonyl (C=O) groups excluding carboxylic acids is 1. The van der Waals surface area contributed by atoms with Gasteiger partial charge in [-0.15, -0.1) is 0 Å². The van der Waals surface area contributed by atoms with Gasteiger partial charge in [0, 0.05) is 37.3 Å². The van der Waals surface area contributed by atoms with Gasteiger partial charge >= 0.3 is 6.18 Å². The van der Waals surface area contributed by atoms with Crippen LogP contribution in [0.5, 0.6) is 0 Å². The van der Waals surface area contributed by atoms with E-state index in [9.17, 15) is 18.0 Å². The van der Waals surface area contributed by atoms with Crippen LogP contribution in [0.3, 0.4) is 0 Å². The van der Waals surface area contributed by atoms with Crippen LogP contribution < -0.4 is 5.32 Å². The third-order valence-electron chi connectivity index (χ3n) is 5.84. The predicted molar refractivity (Wildman–Crippen MR) is 113 cm³/mol. The van der Waals surface area contributed by atoms with Gasteiger partial charge in [0.15, 0.2) is 0 Å². The van der Waals surface area contributed by atoms with Gasteiger partial charge in [0.2, 0.25) is 5.91 Å². The van der Waals surface area contributed by atoms with Gasteiger partial charge in [-0.1, -0.05) is 12.1 Å². The maximum absolute atomic E-state index is 12.6. The van der Waals surface area contributed by atoms with E-state index in [2.05, 4.69) is 15.3 Å². The van der Waals surface area contributed by atoms with Crippen molar-refractivity contribution in [3.63, 3.8) is 0 Å². The van der Waals surface area contributed by atoms with Crippen molar-refractivity contribution >= 4 is 22.5 Å². The number of amides is 1. The Hall–Kier alpha value is -2.94. The number of fused-ring (bicyclic) bond motifs is 1. The number of hydrogen-bond acceptors (Lipinski definition) is 4. The van der Waals surface area contributed by atoms with E-state index >= 15 is 0 Å². The van der Waals surface area contributed by atoms with E-state index in [0.29, 0.717) is 25.3 Å². The summed E-state index contributed by atoms with van der Waals surface area (Å²) in [6.07, 6.45) is -0.964. The average Bonchev–Trinajstić information content (AvgIpc) is 3.33. The zero-order chi connectivity index (χ0) is 22.2. The van der Waals surface area contributed by atoms with E-state index in [-0.39, 0.29) is 18.4 Å². The number of halogens is 3. The Morgan fingerprint density at radius 1 is 1.19 bits per heavy atom. The fourth-order valence-corrected chi connectivity index (χ4v) is 3.90. The second-order valence-corrected chi connectivity index (χ2v) is 8.02. The van der Waals surface area contributed by atoms with Crippen molar-refractivity contribution in [1.82, 2.24) is 19.4 Å². The second-order valence-electron chi connectivity index (χ2n) is 8.02. The molecule has 1 unspecified atom stereocenters. The van der Waals surface area contributed by atoms with Gasteiger partial charge in [0.25, 0.3) is 0 Å². The second kappa shape index (κ2) is 8.30. The van der Waals surface area contributed by atoms with Crippen LogP contribution >= 0.6 is 0 Å². The molecular formula is C22H24F3N5O. The first kappa shape index (κ1) is 21.3. The van der Waals surface area contributed by atoms with E-state index in [4.69, 9.17) is 0 Å². The third-order valence-corrected chi connectivity index (χ3v) is 5.84. The molecule has 6 nitrogen and oxygen atoms in total. The largest absolute Gasteiger partial charge is 0.390 e. The molecule has 1 fully saturated rings. The number of alkyl halides is 3. The van der Waals surface area contributed by atoms with Crippen LogP contribution in [0, 0.1) is 12.8 Å². The van der Waals surface area contributed by atoms with Crippen LogP contribution in [0.4, 0.5) is 19.0 Å². The van der Waals surface area contributed by atoms with E-state index in [1.165, 1.54) is 0 Å². The standard InChI is InChI=1S/C22H24F3N5O/c1-14-26-12-19(29(14)2)15-3-4-16-11-27-20(10-18(16)9-15)28-21(31)17-5-7-30(13-17)8-6-22(23,24)25/h3-4,9-12,17H,5-8,13H2,1-2H3,(H,27,28,31). The molecule has 164 valence electrons. The number of pyridine rings is 1. The molecule has 0 saturated carbocycles. The summed E-state index contributed by atoms with van der Waals surface area (Å²) in [7, 11) is 1.96. The van der Waals surface area contributed by atoms with E-state index in [1.54, 1.807) is 11.1 Å². The van der Waals surface area contributed by atoms with Gasteiger partial charge in [-0.2, -0.15) is 13.2 Å². The van der Waals surface area contributed by atoms with E-state index < -0.39 is 12.6 Å². The fraction of sp³-hybridized carbons (Fsp3) is 0.409. The highest BCUT2D eigenvalue weighted by molar-refractivity contribution is 5.95. The zero-order valence-electron chi connectivity index (χ0n) is 17.4. The molecule has 0 bridgehead atoms. The van der Waals surface area contributed by atoms with Gasteiger partial charge in [0.05, 0.1) is 24.2 Å². The van der Waals surface area contributed by atoms with Crippen LogP contribution in [0.2, 0.25) is 0 Å². The first-order valence-electron chi connectivity index (χ1n) is 10.2. The van der Waals surface area contributed by atoms with Crippen molar-refractivity contribution in [2.24, 2.45) is 13.0 Å². The topological polar surface area (TPSA) is 63.1 Å². The smallest absolute Gasteiger partial charge is 0.331 e. The Morgan fingerprint density at radius 3 is 2.71 bits per heavy atom. The number of hydrogen-bond donors (Lipinski definition) is 1. The average molecular weight is 431 g/mol. The molecule has 0 radical (unpaired) electrons. The molecule has 1 atom stereocenters. The molecule has 1 saturated heterocycles. The SMILES string of the molecule is Cc1ncc(-c2ccc3cnc(NC(=O)C4CCN(CCC(F)(F)F)C4)cc3c2)n1C. The molecular weight excluding hydrogens is 407 g/mol. The number of nitrogens with one attached hydrogen (secondary N) is 1. The molecule has 1 amide bonds. The lowest BCUT2D eigenvalue weighted by Crippen LogP contribution is -2.29. The Morgan fingerprint density at radius 2 is 2.00 bits per heavy atom. The fourth-order valence-electron chi connectivity index (χ4n) is 3.90. The van der Waals surface area contributed by atoms with Crippen LogP contribution in [0.25, 0.3) is 22.0 Å². The van der Waals surface area contributed by atoms with Gasteiger partial charge in [-0.3, -0.25) is 4.79 Å². The number of likely N-dealkylation sites (tertiary alicyclic amines) is 1. The summed E-state index contributed by atoms with van der Waals surface area (Å²) in [6.45, 7) is 2.69. The molecule has 9 heteroatoms. The first-order chi connectivity index (χ1) is 14.7. The number of benzene rings is 1. The number of aromatic nitrogens is 3. The quantitative estimate of drug-likeness (QED) is 0.659. The lowest BCUT2D eigenvalue weighted by molar-refractivity contribution is -0.137. The Balaban J connectivity index is 1.45. The summed E-state index contributed by atoms with van der Waals surface area (Å²) < 4.78 is 39.3. The number of carbonyl (C=O) groups is 1. The lowest BCUT2D eigenvalue weighted by Gasteiger charge is -2.17. The Labute approximate surface area is 178 Å². The van der Waals surface area contributed by atoms with Crippen LogP contribution in [0.15, 0.2) is 36.7 Å². The highest BCUT2D eigenvalue weighted by Crippen LogP contribution is 2.27. The third kappa shape index (κ3) is 4.87. The molecule has 2 aromatic heterocycles. The van der Waals surface area contributed by atoms with Crippen molar-refractivity contribution in [3.8, 4) is 11.3 Å². The number of aryl methyl sites for hydroxylation is 1. The molecule has 1 N–H and O–H groups in total. The van der Waals surface area contributed by atoms with Crippen LogP contribution in [-0.2, 0) is 11.8 Å². The normalized spacial score (nSPS) is 17.4. The van der Waals surface area contributed by atoms with Crippen molar-refractivity contribution in [2.45, 2.75) is 25.9 Å². The summed E-state index contributed by atoms with van der Waals surface area (Å²) in [5, 5.41) is 4.70. The summed E-state index contributed by atoms with van der Waals surface area (Å²) in [5.74, 6) is 0.803. The van der Waals surface area contributed by atoms with Gasteiger partial charge < -0.3 is 14.8 Å². The highest BCUT2D eigenvalue weighted by atomic mass is 19.4. The number of anilines is 1. The molecule has 0 aliphatic carbocycles. The van der Waals surface area contributed by atoms with E-state index in [0.717, 1.165) is 27.9 Å². The molecule has 1 aliphatic rings. The minimum atomic E-state index is -4.18. The van der Waals surface area contributed by atoms with Crippen LogP contribution in [-0.4, -0.2) is 51.2 Å². The summed E-state index contributed by atoms with van der Waals surface area (Å²) in [4.78, 5) is 23.0. The molecule has 31 heavy (non-hydrogen) atoms. The van der Waals surface area contributed by atoms with Gasteiger partial charge in [-0.05, 0) is 37.4 Å². The monoisotopic (exact) mass is 431 g/mol. The maximum Gasteiger partial charge on any atom is 0.390 e. The Bertz CT molecular complexity index is 1110. The number of imidazole rings is 1. The lowest BCUT2D eigenvalue weighted by atomic mass is 10.1. The van der Waals surface area contributed by atoms with E-state index in [1.807, 2.05) is 49.0 Å². The minimum absolute atomic E-state index is 0.0717. The minimum Gasteiger partial charge on any atom is -0.331 e. The van der Waals surface area contributed by atoms with Crippen molar-refractivity contribution in [1.29, 1.82) is 0 Å². The summed E-state index contributed by atoms with van der Waals surface area (Å²) >= 11 is 0. The molecule has 1 aliphatic heterocycles. The molecule has 3 heterocycles. The van der Waals surface area contributed by atoms with Crippen molar-refractivity contribution < 1.29 is 18.0 Å². The van der Waals surface area contributed by atoms with Crippen molar-refractivity contribution in [3.05, 3.63) is 42.5 Å². The molecule has 1 aromatic carbocycles. The van der Waals surface area contributed by atoms with Crippen LogP contribution in [0.1, 0.15) is 18.7 Å². The Kier molecular flexibility index (Phi) is 5.70.